The molecule has 0 saturated heterocycles. The maximum Gasteiger partial charge on any atom is 0.137 e. The third-order valence-corrected chi connectivity index (χ3v) is 2.36. The molecule has 0 aliphatic heterocycles. The van der Waals surface area contributed by atoms with Gasteiger partial charge in [0.1, 0.15) is 5.78 Å². The summed E-state index contributed by atoms with van der Waals surface area (Å²) < 4.78 is 0. The summed E-state index contributed by atoms with van der Waals surface area (Å²) in [7, 11) is 0. The van der Waals surface area contributed by atoms with Gasteiger partial charge in [0.05, 0.1) is 0 Å². The largest absolute Gasteiger partial charge is 0.299 e. The molecule has 0 amide bonds. The zero-order valence-corrected chi connectivity index (χ0v) is 9.57. The Kier molecular flexibility index (Phi) is 5.02. The van der Waals surface area contributed by atoms with Crippen molar-refractivity contribution in [3.8, 4) is 0 Å². The van der Waals surface area contributed by atoms with Crippen LogP contribution in [0.1, 0.15) is 38.7 Å². The topological polar surface area (TPSA) is 30.0 Å². The van der Waals surface area contributed by atoms with Gasteiger partial charge in [0, 0.05) is 25.2 Å². The zero-order valence-electron chi connectivity index (χ0n) is 9.57. The third-order valence-electron chi connectivity index (χ3n) is 2.36. The van der Waals surface area contributed by atoms with Crippen molar-refractivity contribution in [3.05, 3.63) is 30.1 Å². The van der Waals surface area contributed by atoms with Gasteiger partial charge >= 0.3 is 0 Å². The predicted octanol–water partition coefficient (Wildman–Crippen LogP) is 3.02. The summed E-state index contributed by atoms with van der Waals surface area (Å²) >= 11 is 0. The lowest BCUT2D eigenvalue weighted by atomic mass is 10.0. The molecule has 0 aliphatic rings. The average molecular weight is 205 g/mol. The molecule has 0 saturated carbocycles. The van der Waals surface area contributed by atoms with Gasteiger partial charge < -0.3 is 0 Å². The van der Waals surface area contributed by atoms with Gasteiger partial charge in [-0.05, 0) is 24.0 Å². The molecule has 0 N–H and O–H groups in total. The maximum absolute atomic E-state index is 11.6. The van der Waals surface area contributed by atoms with Crippen molar-refractivity contribution in [3.63, 3.8) is 0 Å². The zero-order chi connectivity index (χ0) is 11.1. The van der Waals surface area contributed by atoms with E-state index in [9.17, 15) is 4.79 Å². The monoisotopic (exact) mass is 205 g/mol. The van der Waals surface area contributed by atoms with E-state index in [0.717, 1.165) is 18.4 Å². The van der Waals surface area contributed by atoms with Crippen LogP contribution in [0.4, 0.5) is 0 Å². The van der Waals surface area contributed by atoms with E-state index in [2.05, 4.69) is 18.8 Å². The van der Waals surface area contributed by atoms with E-state index in [-0.39, 0.29) is 0 Å². The summed E-state index contributed by atoms with van der Waals surface area (Å²) in [5, 5.41) is 0. The molecular formula is C13H19NO. The van der Waals surface area contributed by atoms with Crippen molar-refractivity contribution in [2.24, 2.45) is 5.92 Å². The molecule has 0 atom stereocenters. The van der Waals surface area contributed by atoms with E-state index in [1.807, 2.05) is 12.1 Å². The fourth-order valence-corrected chi connectivity index (χ4v) is 1.53. The Morgan fingerprint density at radius 1 is 1.47 bits per heavy atom. The van der Waals surface area contributed by atoms with E-state index in [0.29, 0.717) is 24.5 Å². The number of Topliss-reactive ketones (excluding diaryl/α,β-unsaturated/α-hetero) is 1. The molecule has 0 aromatic carbocycles. The number of ketones is 1. The normalized spacial score (nSPS) is 10.6. The first-order valence-corrected chi connectivity index (χ1v) is 5.59. The fourth-order valence-electron chi connectivity index (χ4n) is 1.53. The lowest BCUT2D eigenvalue weighted by Gasteiger charge is -2.03. The van der Waals surface area contributed by atoms with E-state index in [1.54, 1.807) is 12.4 Å². The number of aromatic nitrogens is 1. The first-order chi connectivity index (χ1) is 7.18. The summed E-state index contributed by atoms with van der Waals surface area (Å²) in [6.07, 6.45) is 6.88. The Labute approximate surface area is 91.7 Å². The van der Waals surface area contributed by atoms with Gasteiger partial charge in [0.15, 0.2) is 0 Å². The Morgan fingerprint density at radius 3 is 2.87 bits per heavy atom. The minimum Gasteiger partial charge on any atom is -0.299 e. The van der Waals surface area contributed by atoms with Crippen LogP contribution < -0.4 is 0 Å². The van der Waals surface area contributed by atoms with Crippen molar-refractivity contribution in [2.75, 3.05) is 0 Å². The van der Waals surface area contributed by atoms with Crippen LogP contribution in [0, 0.1) is 5.92 Å². The SMILES string of the molecule is CC(C)CCCC(=O)Cc1cccnc1. The average Bonchev–Trinajstić information content (AvgIpc) is 2.18. The van der Waals surface area contributed by atoms with E-state index < -0.39 is 0 Å². The van der Waals surface area contributed by atoms with Crippen LogP contribution in [-0.4, -0.2) is 10.8 Å². The minimum absolute atomic E-state index is 0.323. The molecular weight excluding hydrogens is 186 g/mol. The van der Waals surface area contributed by atoms with Crippen LogP contribution in [0.5, 0.6) is 0 Å². The molecule has 2 heteroatoms. The molecule has 0 radical (unpaired) electrons. The molecule has 15 heavy (non-hydrogen) atoms. The van der Waals surface area contributed by atoms with Crippen LogP contribution in [0.15, 0.2) is 24.5 Å². The maximum atomic E-state index is 11.6. The van der Waals surface area contributed by atoms with Crippen LogP contribution in [-0.2, 0) is 11.2 Å². The predicted molar refractivity (Wildman–Crippen MR) is 61.6 cm³/mol. The lowest BCUT2D eigenvalue weighted by Crippen LogP contribution is -2.03. The number of carbonyl (C=O) groups is 1. The molecule has 2 nitrogen and oxygen atoms in total. The highest BCUT2D eigenvalue weighted by atomic mass is 16.1. The molecule has 0 unspecified atom stereocenters. The summed E-state index contributed by atoms with van der Waals surface area (Å²) in [6.45, 7) is 4.37. The number of hydrogen-bond acceptors (Lipinski definition) is 2. The summed E-state index contributed by atoms with van der Waals surface area (Å²) in [4.78, 5) is 15.6. The third kappa shape index (κ3) is 5.31. The second kappa shape index (κ2) is 6.33. The van der Waals surface area contributed by atoms with Crippen molar-refractivity contribution in [1.29, 1.82) is 0 Å². The van der Waals surface area contributed by atoms with Crippen molar-refractivity contribution >= 4 is 5.78 Å². The summed E-state index contributed by atoms with van der Waals surface area (Å²) in [5.41, 5.74) is 1.02. The number of carbonyl (C=O) groups excluding carboxylic acids is 1. The second-order valence-corrected chi connectivity index (χ2v) is 4.36. The van der Waals surface area contributed by atoms with Gasteiger partial charge in [0.2, 0.25) is 0 Å². The van der Waals surface area contributed by atoms with Gasteiger partial charge in [-0.15, -0.1) is 0 Å². The van der Waals surface area contributed by atoms with Gasteiger partial charge in [-0.3, -0.25) is 9.78 Å². The molecule has 0 spiro atoms. The molecule has 1 heterocycles. The highest BCUT2D eigenvalue weighted by Crippen LogP contribution is 2.08. The number of nitrogens with zero attached hydrogens (tertiary/aromatic N) is 1. The fraction of sp³-hybridized carbons (Fsp3) is 0.538. The Balaban J connectivity index is 2.25. The first kappa shape index (κ1) is 11.9. The quantitative estimate of drug-likeness (QED) is 0.714. The smallest absolute Gasteiger partial charge is 0.137 e. The van der Waals surface area contributed by atoms with Crippen LogP contribution in [0.2, 0.25) is 0 Å². The highest BCUT2D eigenvalue weighted by molar-refractivity contribution is 5.80. The van der Waals surface area contributed by atoms with Crippen LogP contribution in [0.25, 0.3) is 0 Å². The van der Waals surface area contributed by atoms with Crippen LogP contribution in [0.3, 0.4) is 0 Å². The molecule has 1 aromatic rings. The standard InChI is InChI=1S/C13H19NO/c1-11(2)5-3-7-13(15)9-12-6-4-8-14-10-12/h4,6,8,10-11H,3,5,7,9H2,1-2H3. The van der Waals surface area contributed by atoms with Crippen LogP contribution >= 0.6 is 0 Å². The number of hydrogen-bond donors (Lipinski definition) is 0. The van der Waals surface area contributed by atoms with Gasteiger partial charge in [-0.25, -0.2) is 0 Å². The highest BCUT2D eigenvalue weighted by Gasteiger charge is 2.04. The lowest BCUT2D eigenvalue weighted by molar-refractivity contribution is -0.118. The summed E-state index contributed by atoms with van der Waals surface area (Å²) in [6, 6.07) is 3.82. The Bertz CT molecular complexity index is 293. The van der Waals surface area contributed by atoms with E-state index in [4.69, 9.17) is 0 Å². The van der Waals surface area contributed by atoms with Gasteiger partial charge in [-0.1, -0.05) is 26.3 Å². The molecule has 0 aliphatic carbocycles. The molecule has 1 rings (SSSR count). The van der Waals surface area contributed by atoms with E-state index in [1.165, 1.54) is 0 Å². The van der Waals surface area contributed by atoms with Crippen molar-refractivity contribution in [2.45, 2.75) is 39.5 Å². The second-order valence-electron chi connectivity index (χ2n) is 4.36. The molecule has 82 valence electrons. The minimum atomic E-state index is 0.323. The van der Waals surface area contributed by atoms with Gasteiger partial charge in [-0.2, -0.15) is 0 Å². The van der Waals surface area contributed by atoms with E-state index >= 15 is 0 Å². The van der Waals surface area contributed by atoms with Crippen molar-refractivity contribution < 1.29 is 4.79 Å². The molecule has 1 aromatic heterocycles. The number of pyridine rings is 1. The molecule has 0 fully saturated rings. The molecule has 0 bridgehead atoms. The Hall–Kier alpha value is -1.18. The Morgan fingerprint density at radius 2 is 2.27 bits per heavy atom. The number of rotatable bonds is 6. The van der Waals surface area contributed by atoms with Crippen molar-refractivity contribution in [1.82, 2.24) is 4.98 Å². The first-order valence-electron chi connectivity index (χ1n) is 5.59. The van der Waals surface area contributed by atoms with Gasteiger partial charge in [0.25, 0.3) is 0 Å². The summed E-state index contributed by atoms with van der Waals surface area (Å²) in [5.74, 6) is 1.01.